The van der Waals surface area contributed by atoms with Crippen LogP contribution in [0, 0.1) is 11.3 Å². The molecule has 1 heterocycles. The highest BCUT2D eigenvalue weighted by Gasteiger charge is 2.13. The zero-order valence-corrected chi connectivity index (χ0v) is 12.0. The second kappa shape index (κ2) is 7.54. The number of anilines is 2. The summed E-state index contributed by atoms with van der Waals surface area (Å²) in [4.78, 5) is 10.8. The molecule has 1 rings (SSSR count). The van der Waals surface area contributed by atoms with Crippen molar-refractivity contribution in [1.29, 1.82) is 5.26 Å². The lowest BCUT2D eigenvalue weighted by Gasteiger charge is -2.24. The van der Waals surface area contributed by atoms with E-state index in [9.17, 15) is 0 Å². The normalized spacial score (nSPS) is 11.7. The first kappa shape index (κ1) is 15.2. The minimum Gasteiger partial charge on any atom is -0.374 e. The van der Waals surface area contributed by atoms with E-state index in [-0.39, 0.29) is 6.04 Å². The van der Waals surface area contributed by atoms with Crippen LogP contribution in [0.15, 0.2) is 6.07 Å². The Morgan fingerprint density at radius 3 is 2.84 bits per heavy atom. The monoisotopic (exact) mass is 263 g/mol. The molecule has 1 aromatic heterocycles. The number of ether oxygens (including phenoxy) is 1. The van der Waals surface area contributed by atoms with E-state index >= 15 is 0 Å². The predicted octanol–water partition coefficient (Wildman–Crippen LogP) is 1.79. The van der Waals surface area contributed by atoms with Gasteiger partial charge >= 0.3 is 0 Å². The van der Waals surface area contributed by atoms with E-state index in [1.165, 1.54) is 0 Å². The number of hydrogen-bond donors (Lipinski definition) is 1. The Balaban J connectivity index is 2.95. The molecule has 0 saturated carbocycles. The fourth-order valence-corrected chi connectivity index (χ4v) is 1.54. The molecule has 0 bridgehead atoms. The summed E-state index contributed by atoms with van der Waals surface area (Å²) in [7, 11) is 3.74. The van der Waals surface area contributed by atoms with Gasteiger partial charge in [0.05, 0.1) is 12.5 Å². The van der Waals surface area contributed by atoms with Crippen LogP contribution in [-0.2, 0) is 11.3 Å². The van der Waals surface area contributed by atoms with Gasteiger partial charge in [-0.3, -0.25) is 0 Å². The zero-order valence-electron chi connectivity index (χ0n) is 12.0. The van der Waals surface area contributed by atoms with Crippen LogP contribution in [-0.4, -0.2) is 36.7 Å². The van der Waals surface area contributed by atoms with Crippen molar-refractivity contribution in [2.75, 3.05) is 30.9 Å². The van der Waals surface area contributed by atoms with Crippen molar-refractivity contribution in [3.63, 3.8) is 0 Å². The van der Waals surface area contributed by atoms with Gasteiger partial charge < -0.3 is 15.0 Å². The standard InChI is InChI=1S/C13H21N5O/c1-5-19-9-12-16-11(15-3)8-13(17-12)18(4)10(2)6-7-14/h8,10H,5-6,9H2,1-4H3,(H,15,16,17). The summed E-state index contributed by atoms with van der Waals surface area (Å²) >= 11 is 0. The molecule has 6 heteroatoms. The van der Waals surface area contributed by atoms with Crippen molar-refractivity contribution in [1.82, 2.24) is 9.97 Å². The summed E-state index contributed by atoms with van der Waals surface area (Å²) in [6, 6.07) is 4.14. The highest BCUT2D eigenvalue weighted by atomic mass is 16.5. The molecular weight excluding hydrogens is 242 g/mol. The Bertz CT molecular complexity index is 443. The van der Waals surface area contributed by atoms with Crippen LogP contribution < -0.4 is 10.2 Å². The predicted molar refractivity (Wildman–Crippen MR) is 75.0 cm³/mol. The fourth-order valence-electron chi connectivity index (χ4n) is 1.54. The summed E-state index contributed by atoms with van der Waals surface area (Å²) in [5.74, 6) is 2.17. The number of nitrogens with zero attached hydrogens (tertiary/aromatic N) is 4. The SMILES string of the molecule is CCOCc1nc(NC)cc(N(C)C(C)CC#N)n1. The summed E-state index contributed by atoms with van der Waals surface area (Å²) in [5.41, 5.74) is 0. The third kappa shape index (κ3) is 4.38. The van der Waals surface area contributed by atoms with Gasteiger partial charge in [0.25, 0.3) is 0 Å². The van der Waals surface area contributed by atoms with Crippen LogP contribution >= 0.6 is 0 Å². The molecule has 19 heavy (non-hydrogen) atoms. The Morgan fingerprint density at radius 2 is 2.26 bits per heavy atom. The minimum atomic E-state index is 0.101. The Morgan fingerprint density at radius 1 is 1.53 bits per heavy atom. The van der Waals surface area contributed by atoms with Gasteiger partial charge in [-0.25, -0.2) is 9.97 Å². The van der Waals surface area contributed by atoms with Crippen molar-refractivity contribution in [2.24, 2.45) is 0 Å². The molecule has 0 aliphatic carbocycles. The summed E-state index contributed by atoms with van der Waals surface area (Å²) in [6.07, 6.45) is 0.455. The lowest BCUT2D eigenvalue weighted by Crippen LogP contribution is -2.29. The average Bonchev–Trinajstić information content (AvgIpc) is 2.44. The summed E-state index contributed by atoms with van der Waals surface area (Å²) in [5, 5.41) is 11.8. The number of aromatic nitrogens is 2. The third-order valence-corrected chi connectivity index (χ3v) is 2.86. The largest absolute Gasteiger partial charge is 0.374 e. The molecule has 0 spiro atoms. The molecule has 1 atom stereocenters. The second-order valence-electron chi connectivity index (χ2n) is 4.24. The van der Waals surface area contributed by atoms with E-state index in [2.05, 4.69) is 21.4 Å². The maximum atomic E-state index is 8.76. The fraction of sp³-hybridized carbons (Fsp3) is 0.615. The van der Waals surface area contributed by atoms with Crippen LogP contribution in [0.25, 0.3) is 0 Å². The van der Waals surface area contributed by atoms with Crippen molar-refractivity contribution in [2.45, 2.75) is 32.9 Å². The molecule has 6 nitrogen and oxygen atoms in total. The number of rotatable bonds is 7. The first-order valence-electron chi connectivity index (χ1n) is 6.35. The van der Waals surface area contributed by atoms with Gasteiger partial charge in [0.15, 0.2) is 5.82 Å². The van der Waals surface area contributed by atoms with Gasteiger partial charge in [0.1, 0.15) is 18.2 Å². The van der Waals surface area contributed by atoms with Gasteiger partial charge in [-0.05, 0) is 13.8 Å². The minimum absolute atomic E-state index is 0.101. The van der Waals surface area contributed by atoms with E-state index in [1.807, 2.05) is 38.9 Å². The molecule has 0 amide bonds. The molecule has 1 unspecified atom stereocenters. The quantitative estimate of drug-likeness (QED) is 0.808. The lowest BCUT2D eigenvalue weighted by molar-refractivity contribution is 0.128. The molecule has 1 aromatic rings. The highest BCUT2D eigenvalue weighted by molar-refractivity contribution is 5.49. The molecule has 0 saturated heterocycles. The Kier molecular flexibility index (Phi) is 6.03. The highest BCUT2D eigenvalue weighted by Crippen LogP contribution is 2.18. The van der Waals surface area contributed by atoms with Gasteiger partial charge in [0, 0.05) is 32.8 Å². The summed E-state index contributed by atoms with van der Waals surface area (Å²) in [6.45, 7) is 4.94. The maximum absolute atomic E-state index is 8.76. The number of hydrogen-bond acceptors (Lipinski definition) is 6. The molecule has 0 fully saturated rings. The lowest BCUT2D eigenvalue weighted by atomic mass is 10.2. The van der Waals surface area contributed by atoms with E-state index in [0.29, 0.717) is 25.5 Å². The third-order valence-electron chi connectivity index (χ3n) is 2.86. The van der Waals surface area contributed by atoms with Crippen LogP contribution in [0.3, 0.4) is 0 Å². The van der Waals surface area contributed by atoms with Crippen LogP contribution in [0.5, 0.6) is 0 Å². The molecular formula is C13H21N5O. The van der Waals surface area contributed by atoms with Gasteiger partial charge in [-0.1, -0.05) is 0 Å². The smallest absolute Gasteiger partial charge is 0.158 e. The van der Waals surface area contributed by atoms with E-state index in [4.69, 9.17) is 10.00 Å². The molecule has 104 valence electrons. The van der Waals surface area contributed by atoms with Crippen molar-refractivity contribution in [3.8, 4) is 6.07 Å². The van der Waals surface area contributed by atoms with Crippen molar-refractivity contribution in [3.05, 3.63) is 11.9 Å². The second-order valence-corrected chi connectivity index (χ2v) is 4.24. The van der Waals surface area contributed by atoms with Crippen LogP contribution in [0.1, 0.15) is 26.1 Å². The van der Waals surface area contributed by atoms with Crippen molar-refractivity contribution >= 4 is 11.6 Å². The van der Waals surface area contributed by atoms with E-state index in [1.54, 1.807) is 0 Å². The molecule has 1 N–H and O–H groups in total. The van der Waals surface area contributed by atoms with Crippen LogP contribution in [0.2, 0.25) is 0 Å². The molecule has 0 aliphatic rings. The van der Waals surface area contributed by atoms with Gasteiger partial charge in [0.2, 0.25) is 0 Å². The number of nitriles is 1. The maximum Gasteiger partial charge on any atom is 0.158 e. The Labute approximate surface area is 114 Å². The van der Waals surface area contributed by atoms with Gasteiger partial charge in [-0.15, -0.1) is 0 Å². The van der Waals surface area contributed by atoms with E-state index < -0.39 is 0 Å². The zero-order chi connectivity index (χ0) is 14.3. The van der Waals surface area contributed by atoms with E-state index in [0.717, 1.165) is 11.6 Å². The molecule has 0 radical (unpaired) electrons. The van der Waals surface area contributed by atoms with Crippen LogP contribution in [0.4, 0.5) is 11.6 Å². The first-order chi connectivity index (χ1) is 9.12. The van der Waals surface area contributed by atoms with Gasteiger partial charge in [-0.2, -0.15) is 5.26 Å². The Hall–Kier alpha value is -1.87. The molecule has 0 aliphatic heterocycles. The summed E-state index contributed by atoms with van der Waals surface area (Å²) < 4.78 is 5.34. The topological polar surface area (TPSA) is 74.1 Å². The number of nitrogens with one attached hydrogen (secondary N) is 1. The van der Waals surface area contributed by atoms with Crippen molar-refractivity contribution < 1.29 is 4.74 Å². The molecule has 0 aromatic carbocycles. The first-order valence-corrected chi connectivity index (χ1v) is 6.35. The average molecular weight is 263 g/mol.